The second-order valence-electron chi connectivity index (χ2n) is 5.61. The third-order valence-corrected chi connectivity index (χ3v) is 3.97. The molecule has 0 saturated carbocycles. The first-order valence-corrected chi connectivity index (χ1v) is 7.64. The van der Waals surface area contributed by atoms with Crippen LogP contribution in [0.4, 0.5) is 4.39 Å². The van der Waals surface area contributed by atoms with E-state index >= 15 is 0 Å². The zero-order chi connectivity index (χ0) is 17.4. The van der Waals surface area contributed by atoms with E-state index in [9.17, 15) is 9.65 Å². The summed E-state index contributed by atoms with van der Waals surface area (Å²) in [7, 11) is 0. The molecule has 3 aromatic heterocycles. The monoisotopic (exact) mass is 329 g/mol. The molecular weight excluding hydrogens is 317 g/mol. The molecule has 0 aliphatic carbocycles. The molecule has 0 radical (unpaired) electrons. The van der Waals surface area contributed by atoms with Gasteiger partial charge in [0.2, 0.25) is 0 Å². The highest BCUT2D eigenvalue weighted by Gasteiger charge is 2.17. The van der Waals surface area contributed by atoms with Crippen LogP contribution in [0.15, 0.2) is 54.9 Å². The summed E-state index contributed by atoms with van der Waals surface area (Å²) in [5.74, 6) is 0.128. The predicted octanol–water partition coefficient (Wildman–Crippen LogP) is 3.78. The van der Waals surface area contributed by atoms with E-state index in [2.05, 4.69) is 21.1 Å². The van der Waals surface area contributed by atoms with Gasteiger partial charge in [-0.15, -0.1) is 5.10 Å². The molecule has 0 N–H and O–H groups in total. The number of fused-ring (bicyclic) bond motifs is 1. The largest absolute Gasteiger partial charge is 0.264 e. The van der Waals surface area contributed by atoms with Gasteiger partial charge >= 0.3 is 0 Å². The smallest absolute Gasteiger partial charge is 0.182 e. The van der Waals surface area contributed by atoms with Crippen molar-refractivity contribution >= 4 is 5.65 Å². The van der Waals surface area contributed by atoms with Crippen LogP contribution in [0, 0.1) is 24.1 Å². The van der Waals surface area contributed by atoms with Gasteiger partial charge in [0.05, 0.1) is 0 Å². The second-order valence-corrected chi connectivity index (χ2v) is 5.61. The lowest BCUT2D eigenvalue weighted by molar-refractivity contribution is 0.628. The molecule has 120 valence electrons. The van der Waals surface area contributed by atoms with E-state index in [0.29, 0.717) is 22.6 Å². The van der Waals surface area contributed by atoms with Gasteiger partial charge in [-0.25, -0.2) is 13.9 Å². The first kappa shape index (κ1) is 15.0. The number of aromatic nitrogens is 4. The fraction of sp³-hybridized carbons (Fsp3) is 0.0526. The van der Waals surface area contributed by atoms with Crippen molar-refractivity contribution in [1.82, 2.24) is 19.6 Å². The van der Waals surface area contributed by atoms with E-state index in [1.54, 1.807) is 29.0 Å². The highest BCUT2D eigenvalue weighted by atomic mass is 19.1. The fourth-order valence-corrected chi connectivity index (χ4v) is 2.76. The third kappa shape index (κ3) is 2.52. The minimum atomic E-state index is -0.319. The van der Waals surface area contributed by atoms with Gasteiger partial charge in [-0.2, -0.15) is 5.26 Å². The van der Waals surface area contributed by atoms with Gasteiger partial charge in [0.1, 0.15) is 17.4 Å². The van der Waals surface area contributed by atoms with Gasteiger partial charge in [0.25, 0.3) is 0 Å². The van der Waals surface area contributed by atoms with Crippen molar-refractivity contribution in [2.24, 2.45) is 0 Å². The molecule has 0 bridgehead atoms. The number of pyridine rings is 2. The summed E-state index contributed by atoms with van der Waals surface area (Å²) in [6, 6.07) is 13.8. The Hall–Kier alpha value is -3.59. The van der Waals surface area contributed by atoms with Crippen molar-refractivity contribution in [1.29, 1.82) is 5.26 Å². The van der Waals surface area contributed by atoms with Crippen LogP contribution in [0.1, 0.15) is 11.3 Å². The lowest BCUT2D eigenvalue weighted by Crippen LogP contribution is -1.99. The van der Waals surface area contributed by atoms with Gasteiger partial charge in [0.15, 0.2) is 11.5 Å². The van der Waals surface area contributed by atoms with Crippen LogP contribution < -0.4 is 0 Å². The van der Waals surface area contributed by atoms with E-state index in [1.165, 1.54) is 12.1 Å². The van der Waals surface area contributed by atoms with Crippen molar-refractivity contribution < 1.29 is 4.39 Å². The second kappa shape index (κ2) is 5.80. The molecule has 0 aliphatic heterocycles. The Kier molecular flexibility index (Phi) is 3.47. The maximum atomic E-state index is 13.1. The molecule has 0 amide bonds. The molecule has 6 heteroatoms. The number of hydrogen-bond donors (Lipinski definition) is 0. The lowest BCUT2D eigenvalue weighted by atomic mass is 10.0. The van der Waals surface area contributed by atoms with E-state index in [1.807, 2.05) is 25.1 Å². The fourth-order valence-electron chi connectivity index (χ4n) is 2.76. The first-order valence-electron chi connectivity index (χ1n) is 7.64. The van der Waals surface area contributed by atoms with Crippen LogP contribution in [0.3, 0.4) is 0 Å². The summed E-state index contributed by atoms with van der Waals surface area (Å²) in [6.07, 6.45) is 3.40. The number of rotatable bonds is 2. The van der Waals surface area contributed by atoms with Crippen molar-refractivity contribution in [3.63, 3.8) is 0 Å². The van der Waals surface area contributed by atoms with Gasteiger partial charge in [-0.3, -0.25) is 4.98 Å². The maximum absolute atomic E-state index is 13.1. The van der Waals surface area contributed by atoms with Gasteiger partial charge in [-0.1, -0.05) is 6.07 Å². The zero-order valence-electron chi connectivity index (χ0n) is 13.3. The Morgan fingerprint density at radius 3 is 2.60 bits per heavy atom. The highest BCUT2D eigenvalue weighted by molar-refractivity contribution is 5.78. The number of nitriles is 1. The molecule has 4 aromatic rings. The van der Waals surface area contributed by atoms with Crippen molar-refractivity contribution in [2.75, 3.05) is 0 Å². The SMILES string of the molecule is Cc1cc(-c2cccnc2)c(C#N)c2nc(-c3ccc(F)cc3)nn12. The van der Waals surface area contributed by atoms with Gasteiger partial charge in [-0.05, 0) is 43.3 Å². The average molecular weight is 329 g/mol. The van der Waals surface area contributed by atoms with E-state index in [-0.39, 0.29) is 5.82 Å². The van der Waals surface area contributed by atoms with Crippen molar-refractivity contribution in [3.8, 4) is 28.6 Å². The normalized spacial score (nSPS) is 10.8. The van der Waals surface area contributed by atoms with E-state index < -0.39 is 0 Å². The van der Waals surface area contributed by atoms with Crippen LogP contribution >= 0.6 is 0 Å². The molecule has 0 atom stereocenters. The summed E-state index contributed by atoms with van der Waals surface area (Å²) in [4.78, 5) is 8.64. The minimum Gasteiger partial charge on any atom is -0.264 e. The molecule has 1 aromatic carbocycles. The van der Waals surface area contributed by atoms with Crippen molar-refractivity contribution in [2.45, 2.75) is 6.92 Å². The Bertz CT molecular complexity index is 1110. The van der Waals surface area contributed by atoms with Crippen LogP contribution in [-0.2, 0) is 0 Å². The Labute approximate surface area is 143 Å². The molecular formula is C19H12FN5. The average Bonchev–Trinajstić information content (AvgIpc) is 3.09. The Balaban J connectivity index is 1.97. The topological polar surface area (TPSA) is 66.9 Å². The van der Waals surface area contributed by atoms with Gasteiger partial charge in [0, 0.05) is 34.8 Å². The molecule has 0 saturated heterocycles. The van der Waals surface area contributed by atoms with E-state index in [4.69, 9.17) is 0 Å². The number of aryl methyl sites for hydroxylation is 1. The summed E-state index contributed by atoms with van der Waals surface area (Å²) in [5.41, 5.74) is 4.04. The highest BCUT2D eigenvalue weighted by Crippen LogP contribution is 2.28. The van der Waals surface area contributed by atoms with Crippen LogP contribution in [-0.4, -0.2) is 19.6 Å². The number of nitrogens with zero attached hydrogens (tertiary/aromatic N) is 5. The lowest BCUT2D eigenvalue weighted by Gasteiger charge is -2.07. The zero-order valence-corrected chi connectivity index (χ0v) is 13.3. The molecule has 25 heavy (non-hydrogen) atoms. The summed E-state index contributed by atoms with van der Waals surface area (Å²) in [6.45, 7) is 1.90. The van der Waals surface area contributed by atoms with E-state index in [0.717, 1.165) is 16.8 Å². The predicted molar refractivity (Wildman–Crippen MR) is 91.1 cm³/mol. The molecule has 0 fully saturated rings. The first-order chi connectivity index (χ1) is 12.2. The molecule has 0 unspecified atom stereocenters. The minimum absolute atomic E-state index is 0.319. The number of benzene rings is 1. The number of hydrogen-bond acceptors (Lipinski definition) is 4. The quantitative estimate of drug-likeness (QED) is 0.561. The molecule has 5 nitrogen and oxygen atoms in total. The van der Waals surface area contributed by atoms with Crippen LogP contribution in [0.25, 0.3) is 28.2 Å². The van der Waals surface area contributed by atoms with Gasteiger partial charge < -0.3 is 0 Å². The molecule has 4 rings (SSSR count). The standard InChI is InChI=1S/C19H12FN5/c1-12-9-16(14-3-2-8-22-11-14)17(10-21)19-23-18(24-25(12)19)13-4-6-15(20)7-5-13/h2-9,11H,1H3. The van der Waals surface area contributed by atoms with Crippen LogP contribution in [0.5, 0.6) is 0 Å². The number of halogens is 1. The summed E-state index contributed by atoms with van der Waals surface area (Å²) >= 11 is 0. The Morgan fingerprint density at radius 1 is 1.12 bits per heavy atom. The third-order valence-electron chi connectivity index (χ3n) is 3.97. The maximum Gasteiger partial charge on any atom is 0.182 e. The molecule has 3 heterocycles. The summed E-state index contributed by atoms with van der Waals surface area (Å²) in [5, 5.41) is 14.2. The summed E-state index contributed by atoms with van der Waals surface area (Å²) < 4.78 is 14.8. The van der Waals surface area contributed by atoms with Crippen LogP contribution in [0.2, 0.25) is 0 Å². The van der Waals surface area contributed by atoms with Crippen molar-refractivity contribution in [3.05, 3.63) is 71.9 Å². The molecule has 0 spiro atoms. The molecule has 0 aliphatic rings. The Morgan fingerprint density at radius 2 is 1.92 bits per heavy atom.